The first-order valence-corrected chi connectivity index (χ1v) is 12.7. The van der Waals surface area contributed by atoms with Crippen molar-refractivity contribution in [2.75, 3.05) is 11.4 Å². The number of nitriles is 1. The second-order valence-corrected chi connectivity index (χ2v) is 10.4. The highest BCUT2D eigenvalue weighted by atomic mass is 32.2. The predicted molar refractivity (Wildman–Crippen MR) is 132 cm³/mol. The molecule has 8 nitrogen and oxygen atoms in total. The van der Waals surface area contributed by atoms with Crippen LogP contribution in [0.1, 0.15) is 22.4 Å². The second-order valence-electron chi connectivity index (χ2n) is 8.48. The van der Waals surface area contributed by atoms with Gasteiger partial charge in [0.2, 0.25) is 10.0 Å². The molecule has 0 saturated heterocycles. The molecule has 3 heterocycles. The number of pyridine rings is 1. The van der Waals surface area contributed by atoms with Crippen LogP contribution in [0.2, 0.25) is 0 Å². The number of imidazole rings is 1. The van der Waals surface area contributed by atoms with Crippen molar-refractivity contribution in [3.05, 3.63) is 108 Å². The average Bonchev–Trinajstić information content (AvgIpc) is 3.35. The SMILES string of the molecule is N#Cc1ccc2c(c1)CN(S(=O)(=O)c1cccnc1)C(Cc1ccccc1)CN2Cc1c[nH]cn1. The minimum atomic E-state index is -3.86. The number of aromatic amines is 1. The minimum Gasteiger partial charge on any atom is -0.364 e. The molecule has 0 fully saturated rings. The monoisotopic (exact) mass is 484 g/mol. The Morgan fingerprint density at radius 1 is 1.11 bits per heavy atom. The Morgan fingerprint density at radius 2 is 1.97 bits per heavy atom. The van der Waals surface area contributed by atoms with Crippen LogP contribution in [0.3, 0.4) is 0 Å². The van der Waals surface area contributed by atoms with E-state index < -0.39 is 10.0 Å². The molecule has 2 aromatic carbocycles. The summed E-state index contributed by atoms with van der Waals surface area (Å²) in [5.74, 6) is 0. The molecule has 0 amide bonds. The first kappa shape index (κ1) is 22.8. The van der Waals surface area contributed by atoms with Gasteiger partial charge in [0.05, 0.1) is 30.2 Å². The maximum Gasteiger partial charge on any atom is 0.245 e. The molecule has 2 aromatic heterocycles. The van der Waals surface area contributed by atoms with Gasteiger partial charge in [0.25, 0.3) is 0 Å². The van der Waals surface area contributed by atoms with Gasteiger partial charge in [-0.2, -0.15) is 9.57 Å². The van der Waals surface area contributed by atoms with Crippen molar-refractivity contribution >= 4 is 15.7 Å². The zero-order chi connectivity index (χ0) is 24.3. The molecule has 1 aliphatic heterocycles. The summed E-state index contributed by atoms with van der Waals surface area (Å²) in [6.07, 6.45) is 6.95. The van der Waals surface area contributed by atoms with Gasteiger partial charge in [-0.15, -0.1) is 0 Å². The molecule has 1 unspecified atom stereocenters. The van der Waals surface area contributed by atoms with Gasteiger partial charge in [0, 0.05) is 43.4 Å². The fourth-order valence-corrected chi connectivity index (χ4v) is 6.08. The summed E-state index contributed by atoms with van der Waals surface area (Å²) in [7, 11) is -3.86. The number of nitrogens with one attached hydrogen (secondary N) is 1. The van der Waals surface area contributed by atoms with Crippen LogP contribution >= 0.6 is 0 Å². The summed E-state index contributed by atoms with van der Waals surface area (Å²) in [4.78, 5) is 13.7. The Morgan fingerprint density at radius 3 is 2.69 bits per heavy atom. The van der Waals surface area contributed by atoms with Crippen molar-refractivity contribution in [2.45, 2.75) is 30.4 Å². The van der Waals surface area contributed by atoms with Gasteiger partial charge in [-0.1, -0.05) is 30.3 Å². The Balaban J connectivity index is 1.62. The maximum absolute atomic E-state index is 13.9. The number of anilines is 1. The van der Waals surface area contributed by atoms with Gasteiger partial charge >= 0.3 is 0 Å². The molecule has 1 aliphatic rings. The van der Waals surface area contributed by atoms with E-state index in [1.807, 2.05) is 42.6 Å². The first-order valence-electron chi connectivity index (χ1n) is 11.3. The smallest absolute Gasteiger partial charge is 0.245 e. The van der Waals surface area contributed by atoms with Crippen LogP contribution in [0.4, 0.5) is 5.69 Å². The molecule has 9 heteroatoms. The quantitative estimate of drug-likeness (QED) is 0.449. The Bertz CT molecular complexity index is 1430. The zero-order valence-corrected chi connectivity index (χ0v) is 19.8. The summed E-state index contributed by atoms with van der Waals surface area (Å²) >= 11 is 0. The second kappa shape index (κ2) is 9.70. The number of H-pyrrole nitrogens is 1. The molecule has 0 aliphatic carbocycles. The van der Waals surface area contributed by atoms with Crippen LogP contribution in [0.5, 0.6) is 0 Å². The third kappa shape index (κ3) is 4.80. The molecule has 4 aromatic rings. The first-order chi connectivity index (χ1) is 17.0. The highest BCUT2D eigenvalue weighted by Crippen LogP contribution is 2.33. The van der Waals surface area contributed by atoms with Crippen LogP contribution in [-0.4, -0.2) is 40.3 Å². The summed E-state index contributed by atoms with van der Waals surface area (Å²) in [6, 6.07) is 20.4. The summed E-state index contributed by atoms with van der Waals surface area (Å²) in [6.45, 7) is 1.12. The topological polar surface area (TPSA) is 106 Å². The molecule has 0 saturated carbocycles. The lowest BCUT2D eigenvalue weighted by molar-refractivity contribution is 0.318. The lowest BCUT2D eigenvalue weighted by Gasteiger charge is -2.32. The molecule has 5 rings (SSSR count). The number of sulfonamides is 1. The number of hydrogen-bond acceptors (Lipinski definition) is 6. The van der Waals surface area contributed by atoms with Crippen molar-refractivity contribution < 1.29 is 8.42 Å². The van der Waals surface area contributed by atoms with Crippen LogP contribution in [0.25, 0.3) is 0 Å². The van der Waals surface area contributed by atoms with Crippen molar-refractivity contribution in [2.24, 2.45) is 0 Å². The predicted octanol–water partition coefficient (Wildman–Crippen LogP) is 3.50. The van der Waals surface area contributed by atoms with Gasteiger partial charge in [-0.25, -0.2) is 13.4 Å². The number of fused-ring (bicyclic) bond motifs is 1. The fraction of sp³-hybridized carbons (Fsp3) is 0.192. The number of hydrogen-bond donors (Lipinski definition) is 1. The Labute approximate surface area is 204 Å². The van der Waals surface area contributed by atoms with E-state index in [0.717, 1.165) is 22.5 Å². The third-order valence-corrected chi connectivity index (χ3v) is 8.06. The normalized spacial score (nSPS) is 16.3. The van der Waals surface area contributed by atoms with Crippen LogP contribution in [0.15, 0.2) is 90.5 Å². The van der Waals surface area contributed by atoms with Crippen molar-refractivity contribution in [1.82, 2.24) is 19.3 Å². The van der Waals surface area contributed by atoms with Crippen LogP contribution in [-0.2, 0) is 29.5 Å². The van der Waals surface area contributed by atoms with Crippen molar-refractivity contribution in [3.8, 4) is 6.07 Å². The number of benzene rings is 2. The van der Waals surface area contributed by atoms with Gasteiger partial charge < -0.3 is 9.88 Å². The van der Waals surface area contributed by atoms with E-state index in [1.165, 1.54) is 6.20 Å². The molecule has 0 bridgehead atoms. The van der Waals surface area contributed by atoms with E-state index in [9.17, 15) is 13.7 Å². The molecule has 1 N–H and O–H groups in total. The largest absolute Gasteiger partial charge is 0.364 e. The minimum absolute atomic E-state index is 0.149. The van der Waals surface area contributed by atoms with Crippen LogP contribution < -0.4 is 4.90 Å². The third-order valence-electron chi connectivity index (χ3n) is 6.18. The molecule has 1 atom stereocenters. The van der Waals surface area contributed by atoms with Gasteiger partial charge in [-0.05, 0) is 47.9 Å². The molecule has 176 valence electrons. The number of rotatable bonds is 6. The number of aromatic nitrogens is 3. The number of nitrogens with zero attached hydrogens (tertiary/aromatic N) is 5. The summed E-state index contributed by atoms with van der Waals surface area (Å²) < 4.78 is 29.4. The molecule has 35 heavy (non-hydrogen) atoms. The van der Waals surface area contributed by atoms with E-state index in [1.54, 1.807) is 41.1 Å². The Kier molecular flexibility index (Phi) is 6.31. The molecule has 0 spiro atoms. The van der Waals surface area contributed by atoms with E-state index in [4.69, 9.17) is 0 Å². The highest BCUT2D eigenvalue weighted by molar-refractivity contribution is 7.89. The lowest BCUT2D eigenvalue weighted by Crippen LogP contribution is -2.45. The highest BCUT2D eigenvalue weighted by Gasteiger charge is 2.36. The molecule has 0 radical (unpaired) electrons. The van der Waals surface area contributed by atoms with E-state index in [2.05, 4.69) is 25.9 Å². The van der Waals surface area contributed by atoms with Gasteiger partial charge in [0.15, 0.2) is 0 Å². The van der Waals surface area contributed by atoms with Gasteiger partial charge in [0.1, 0.15) is 4.90 Å². The summed E-state index contributed by atoms with van der Waals surface area (Å²) in [5, 5.41) is 9.52. The van der Waals surface area contributed by atoms with E-state index >= 15 is 0 Å². The fourth-order valence-electron chi connectivity index (χ4n) is 4.52. The standard InChI is InChI=1S/C26H24N6O2S/c27-13-21-8-9-26-22(11-21)16-32(35(33,34)25-7-4-10-28-15-25)24(12-20-5-2-1-3-6-20)18-31(26)17-23-14-29-19-30-23/h1-11,14-15,19,24H,12,16-18H2,(H,29,30). The van der Waals surface area contributed by atoms with Crippen LogP contribution in [0, 0.1) is 11.3 Å². The van der Waals surface area contributed by atoms with E-state index in [0.29, 0.717) is 25.1 Å². The van der Waals surface area contributed by atoms with E-state index in [-0.39, 0.29) is 17.5 Å². The zero-order valence-electron chi connectivity index (χ0n) is 18.9. The van der Waals surface area contributed by atoms with Crippen molar-refractivity contribution in [1.29, 1.82) is 5.26 Å². The van der Waals surface area contributed by atoms with Gasteiger partial charge in [-0.3, -0.25) is 4.98 Å². The molecular weight excluding hydrogens is 460 g/mol. The van der Waals surface area contributed by atoms with Crippen molar-refractivity contribution in [3.63, 3.8) is 0 Å². The maximum atomic E-state index is 13.9. The molecular formula is C26H24N6O2S. The average molecular weight is 485 g/mol. The lowest BCUT2D eigenvalue weighted by atomic mass is 10.1. The Hall–Kier alpha value is -4.00. The summed E-state index contributed by atoms with van der Waals surface area (Å²) in [5.41, 5.74) is 4.06.